The summed E-state index contributed by atoms with van der Waals surface area (Å²) in [5, 5.41) is 0. The first-order valence-electron chi connectivity index (χ1n) is 5.21. The van der Waals surface area contributed by atoms with Crippen LogP contribution >= 0.6 is 15.9 Å². The number of anilines is 1. The third-order valence-electron chi connectivity index (χ3n) is 2.73. The van der Waals surface area contributed by atoms with E-state index in [0.717, 1.165) is 5.56 Å². The minimum atomic E-state index is -0.437. The second-order valence-electron chi connectivity index (χ2n) is 4.13. The highest BCUT2D eigenvalue weighted by Crippen LogP contribution is 2.25. The van der Waals surface area contributed by atoms with Crippen LogP contribution in [-0.4, -0.2) is 23.3 Å². The van der Waals surface area contributed by atoms with Gasteiger partial charge in [-0.15, -0.1) is 0 Å². The van der Waals surface area contributed by atoms with Crippen LogP contribution in [0.2, 0.25) is 0 Å². The van der Waals surface area contributed by atoms with E-state index in [1.807, 2.05) is 19.1 Å². The van der Waals surface area contributed by atoms with Gasteiger partial charge in [0.15, 0.2) is 0 Å². The molecule has 1 aromatic rings. The zero-order valence-electron chi connectivity index (χ0n) is 9.31. The lowest BCUT2D eigenvalue weighted by atomic mass is 10.1. The summed E-state index contributed by atoms with van der Waals surface area (Å²) in [7, 11) is 0. The average molecular weight is 298 g/mol. The number of carbonyl (C=O) groups is 2. The first kappa shape index (κ1) is 12.0. The molecule has 0 radical (unpaired) electrons. The Morgan fingerprint density at radius 2 is 2.29 bits per heavy atom. The number of halogens is 1. The summed E-state index contributed by atoms with van der Waals surface area (Å²) in [6, 6.07) is 3.67. The van der Waals surface area contributed by atoms with Gasteiger partial charge in [-0.05, 0) is 40.5 Å². The number of primary amides is 1. The maximum absolute atomic E-state index is 11.8. The van der Waals surface area contributed by atoms with Gasteiger partial charge in [-0.3, -0.25) is 14.5 Å². The molecule has 1 aliphatic rings. The molecule has 1 aliphatic heterocycles. The van der Waals surface area contributed by atoms with Gasteiger partial charge in [0, 0.05) is 13.0 Å². The topological polar surface area (TPSA) is 76.3 Å². The number of rotatable bonds is 2. The Morgan fingerprint density at radius 1 is 1.59 bits per heavy atom. The van der Waals surface area contributed by atoms with Crippen molar-refractivity contribution in [2.24, 2.45) is 11.7 Å². The van der Waals surface area contributed by atoms with Gasteiger partial charge in [-0.1, -0.05) is 0 Å². The number of hydrogen-bond acceptors (Lipinski definition) is 3. The van der Waals surface area contributed by atoms with Crippen LogP contribution in [-0.2, 0) is 9.59 Å². The summed E-state index contributed by atoms with van der Waals surface area (Å²) >= 11 is 3.28. The van der Waals surface area contributed by atoms with E-state index in [1.165, 1.54) is 4.90 Å². The molecule has 6 heteroatoms. The monoisotopic (exact) mass is 297 g/mol. The van der Waals surface area contributed by atoms with Crippen molar-refractivity contribution < 1.29 is 9.59 Å². The average Bonchev–Trinajstić information content (AvgIpc) is 2.59. The number of pyridine rings is 1. The Hall–Kier alpha value is -1.43. The van der Waals surface area contributed by atoms with Crippen molar-refractivity contribution in [3.63, 3.8) is 0 Å². The van der Waals surface area contributed by atoms with Crippen LogP contribution in [0.4, 0.5) is 5.82 Å². The Balaban J connectivity index is 2.28. The molecule has 1 saturated heterocycles. The van der Waals surface area contributed by atoms with Gasteiger partial charge in [0.05, 0.1) is 5.92 Å². The highest BCUT2D eigenvalue weighted by atomic mass is 79.9. The van der Waals surface area contributed by atoms with Crippen LogP contribution < -0.4 is 10.6 Å². The summed E-state index contributed by atoms with van der Waals surface area (Å²) in [5.74, 6) is -0.402. The lowest BCUT2D eigenvalue weighted by Crippen LogP contribution is -2.29. The maximum Gasteiger partial charge on any atom is 0.229 e. The van der Waals surface area contributed by atoms with Gasteiger partial charge in [-0.25, -0.2) is 4.98 Å². The molecule has 90 valence electrons. The molecule has 1 aromatic heterocycles. The standard InChI is InChI=1S/C11H12BrN3O2/c1-6-2-8(12)14-9(3-6)15-5-7(11(13)17)4-10(15)16/h2-3,7H,4-5H2,1H3,(H2,13,17). The molecule has 1 unspecified atom stereocenters. The van der Waals surface area contributed by atoms with Crippen LogP contribution in [0, 0.1) is 12.8 Å². The molecular formula is C11H12BrN3O2. The summed E-state index contributed by atoms with van der Waals surface area (Å²) in [5.41, 5.74) is 6.21. The molecule has 0 bridgehead atoms. The van der Waals surface area contributed by atoms with Crippen LogP contribution in [0.15, 0.2) is 16.7 Å². The first-order valence-corrected chi connectivity index (χ1v) is 6.00. The van der Waals surface area contributed by atoms with Gasteiger partial charge >= 0.3 is 0 Å². The number of nitrogens with two attached hydrogens (primary N) is 1. The minimum absolute atomic E-state index is 0.112. The van der Waals surface area contributed by atoms with Crippen molar-refractivity contribution in [2.45, 2.75) is 13.3 Å². The molecule has 1 fully saturated rings. The van der Waals surface area contributed by atoms with Crippen molar-refractivity contribution in [1.82, 2.24) is 4.98 Å². The van der Waals surface area contributed by atoms with Gasteiger partial charge in [-0.2, -0.15) is 0 Å². The number of nitrogens with zero attached hydrogens (tertiary/aromatic N) is 2. The molecule has 0 aromatic carbocycles. The fourth-order valence-corrected chi connectivity index (χ4v) is 2.41. The van der Waals surface area contributed by atoms with Crippen molar-refractivity contribution in [1.29, 1.82) is 0 Å². The fourth-order valence-electron chi connectivity index (χ4n) is 1.87. The number of aromatic nitrogens is 1. The third-order valence-corrected chi connectivity index (χ3v) is 3.14. The number of carbonyl (C=O) groups excluding carboxylic acids is 2. The van der Waals surface area contributed by atoms with Gasteiger partial charge in [0.2, 0.25) is 11.8 Å². The highest BCUT2D eigenvalue weighted by molar-refractivity contribution is 9.10. The summed E-state index contributed by atoms with van der Waals surface area (Å²) in [6.45, 7) is 2.24. The predicted molar refractivity (Wildman–Crippen MR) is 66.3 cm³/mol. The van der Waals surface area contributed by atoms with Crippen molar-refractivity contribution >= 4 is 33.6 Å². The zero-order valence-corrected chi connectivity index (χ0v) is 10.9. The van der Waals surface area contributed by atoms with E-state index in [4.69, 9.17) is 5.73 Å². The molecule has 0 aliphatic carbocycles. The molecule has 17 heavy (non-hydrogen) atoms. The zero-order chi connectivity index (χ0) is 12.6. The number of aryl methyl sites for hydroxylation is 1. The van der Waals surface area contributed by atoms with Gasteiger partial charge in [0.1, 0.15) is 10.4 Å². The Labute approximate surface area is 107 Å². The van der Waals surface area contributed by atoms with E-state index in [1.54, 1.807) is 0 Å². The van der Waals surface area contributed by atoms with Crippen molar-refractivity contribution in [3.8, 4) is 0 Å². The van der Waals surface area contributed by atoms with Crippen LogP contribution in [0.5, 0.6) is 0 Å². The highest BCUT2D eigenvalue weighted by Gasteiger charge is 2.34. The summed E-state index contributed by atoms with van der Waals surface area (Å²) in [6.07, 6.45) is 0.169. The second kappa shape index (κ2) is 4.44. The summed E-state index contributed by atoms with van der Waals surface area (Å²) < 4.78 is 0.669. The quantitative estimate of drug-likeness (QED) is 0.827. The van der Waals surface area contributed by atoms with E-state index < -0.39 is 11.8 Å². The molecule has 2 rings (SSSR count). The smallest absolute Gasteiger partial charge is 0.229 e. The Morgan fingerprint density at radius 3 is 2.82 bits per heavy atom. The first-order chi connectivity index (χ1) is 7.97. The van der Waals surface area contributed by atoms with E-state index >= 15 is 0 Å². The normalized spacial score (nSPS) is 19.8. The summed E-state index contributed by atoms with van der Waals surface area (Å²) in [4.78, 5) is 28.6. The van der Waals surface area contributed by atoms with E-state index in [2.05, 4.69) is 20.9 Å². The van der Waals surface area contributed by atoms with E-state index in [9.17, 15) is 9.59 Å². The fraction of sp³-hybridized carbons (Fsp3) is 0.364. The molecule has 5 nitrogen and oxygen atoms in total. The Kier molecular flexibility index (Phi) is 3.15. The molecular weight excluding hydrogens is 286 g/mol. The molecule has 1 atom stereocenters. The van der Waals surface area contributed by atoms with E-state index in [0.29, 0.717) is 17.0 Å². The minimum Gasteiger partial charge on any atom is -0.369 e. The van der Waals surface area contributed by atoms with Crippen molar-refractivity contribution in [3.05, 3.63) is 22.3 Å². The van der Waals surface area contributed by atoms with Gasteiger partial charge in [0.25, 0.3) is 0 Å². The van der Waals surface area contributed by atoms with Gasteiger partial charge < -0.3 is 5.73 Å². The Bertz CT molecular complexity index is 469. The molecule has 2 amide bonds. The largest absolute Gasteiger partial charge is 0.369 e. The molecule has 2 heterocycles. The predicted octanol–water partition coefficient (Wildman–Crippen LogP) is 0.991. The third kappa shape index (κ3) is 2.46. The SMILES string of the molecule is Cc1cc(Br)nc(N2CC(C(N)=O)CC2=O)c1. The van der Waals surface area contributed by atoms with Crippen LogP contribution in [0.3, 0.4) is 0 Å². The van der Waals surface area contributed by atoms with Crippen molar-refractivity contribution in [2.75, 3.05) is 11.4 Å². The van der Waals surface area contributed by atoms with Crippen LogP contribution in [0.1, 0.15) is 12.0 Å². The second-order valence-corrected chi connectivity index (χ2v) is 4.95. The number of amides is 2. The molecule has 0 saturated carbocycles. The lowest BCUT2D eigenvalue weighted by Gasteiger charge is -2.15. The van der Waals surface area contributed by atoms with E-state index in [-0.39, 0.29) is 12.3 Å². The van der Waals surface area contributed by atoms with Crippen LogP contribution in [0.25, 0.3) is 0 Å². The lowest BCUT2D eigenvalue weighted by molar-refractivity contribution is -0.123. The maximum atomic E-state index is 11.8. The molecule has 0 spiro atoms. The molecule has 2 N–H and O–H groups in total. The number of hydrogen-bond donors (Lipinski definition) is 1.